The van der Waals surface area contributed by atoms with Crippen LogP contribution in [-0.4, -0.2) is 38.2 Å². The first kappa shape index (κ1) is 22.8. The van der Waals surface area contributed by atoms with Gasteiger partial charge in [0.15, 0.2) is 0 Å². The van der Waals surface area contributed by atoms with E-state index in [1.165, 1.54) is 12.3 Å². The summed E-state index contributed by atoms with van der Waals surface area (Å²) < 4.78 is 0. The second-order valence-corrected chi connectivity index (χ2v) is 2.57. The Labute approximate surface area is 75.4 Å². The van der Waals surface area contributed by atoms with Gasteiger partial charge in [-0.1, -0.05) is 28.7 Å². The SMILES string of the molecule is C.C.CC[P-]CC.[In+]. The van der Waals surface area contributed by atoms with Gasteiger partial charge in [-0.3, -0.25) is 0 Å². The number of rotatable bonds is 2. The maximum absolute atomic E-state index is 2.20. The van der Waals surface area contributed by atoms with Crippen molar-refractivity contribution in [2.45, 2.75) is 28.7 Å². The van der Waals surface area contributed by atoms with E-state index in [2.05, 4.69) is 13.8 Å². The van der Waals surface area contributed by atoms with Crippen LogP contribution in [0.15, 0.2) is 0 Å². The molecule has 0 heterocycles. The minimum atomic E-state index is 0. The summed E-state index contributed by atoms with van der Waals surface area (Å²) in [5, 5.41) is 0. The molecule has 0 fully saturated rings. The van der Waals surface area contributed by atoms with Crippen molar-refractivity contribution >= 4 is 34.4 Å². The van der Waals surface area contributed by atoms with Gasteiger partial charge in [-0.05, 0) is 0 Å². The molecule has 0 N–H and O–H groups in total. The normalized spacial score (nSPS) is 5.25. The van der Waals surface area contributed by atoms with Gasteiger partial charge >= 0.3 is 25.8 Å². The summed E-state index contributed by atoms with van der Waals surface area (Å²) in [6, 6.07) is 0. The first-order valence-electron chi connectivity index (χ1n) is 2.05. The first-order chi connectivity index (χ1) is 2.41. The zero-order valence-electron chi connectivity index (χ0n) is 4.44. The van der Waals surface area contributed by atoms with Crippen LogP contribution in [0.25, 0.3) is 0 Å². The fourth-order valence-electron chi connectivity index (χ4n) is 0.224. The molecule has 50 valence electrons. The van der Waals surface area contributed by atoms with Gasteiger partial charge in [-0.25, -0.2) is 0 Å². The molecule has 0 aliphatic heterocycles. The average Bonchev–Trinajstić information content (AvgIpc) is 1.41. The molecule has 0 aliphatic carbocycles. The Bertz CT molecular complexity index is 16.0. The summed E-state index contributed by atoms with van der Waals surface area (Å²) in [6.45, 7) is 4.40. The van der Waals surface area contributed by atoms with E-state index in [-0.39, 0.29) is 40.7 Å². The van der Waals surface area contributed by atoms with Gasteiger partial charge in [0.25, 0.3) is 0 Å². The molecule has 0 unspecified atom stereocenters. The Morgan fingerprint density at radius 2 is 1.25 bits per heavy atom. The molecule has 2 radical (unpaired) electrons. The minimum absolute atomic E-state index is 0. The van der Waals surface area contributed by atoms with Gasteiger partial charge in [0.05, 0.1) is 0 Å². The van der Waals surface area contributed by atoms with Crippen LogP contribution >= 0.6 is 8.58 Å². The topological polar surface area (TPSA) is 0 Å². The quantitative estimate of drug-likeness (QED) is 0.646. The summed E-state index contributed by atoms with van der Waals surface area (Å²) in [5.41, 5.74) is 0. The van der Waals surface area contributed by atoms with Gasteiger partial charge in [0.1, 0.15) is 0 Å². The fraction of sp³-hybridized carbons (Fsp3) is 1.00. The van der Waals surface area contributed by atoms with E-state index in [1.807, 2.05) is 0 Å². The van der Waals surface area contributed by atoms with Crippen molar-refractivity contribution in [1.82, 2.24) is 0 Å². The van der Waals surface area contributed by atoms with Crippen LogP contribution in [0.3, 0.4) is 0 Å². The van der Waals surface area contributed by atoms with Crippen molar-refractivity contribution in [3.63, 3.8) is 0 Å². The van der Waals surface area contributed by atoms with Crippen molar-refractivity contribution in [1.29, 1.82) is 0 Å². The maximum atomic E-state index is 2.20. The molecule has 0 rings (SSSR count). The van der Waals surface area contributed by atoms with Crippen LogP contribution < -0.4 is 0 Å². The summed E-state index contributed by atoms with van der Waals surface area (Å²) in [6.07, 6.45) is 2.63. The fourth-order valence-corrected chi connectivity index (χ4v) is 0.671. The van der Waals surface area contributed by atoms with Gasteiger partial charge < -0.3 is 8.58 Å². The van der Waals surface area contributed by atoms with E-state index in [1.54, 1.807) is 8.58 Å². The van der Waals surface area contributed by atoms with E-state index in [4.69, 9.17) is 0 Å². The zero-order chi connectivity index (χ0) is 4.12. The zero-order valence-corrected chi connectivity index (χ0v) is 8.63. The van der Waals surface area contributed by atoms with Crippen molar-refractivity contribution in [2.75, 3.05) is 12.3 Å². The third kappa shape index (κ3) is 26.6. The van der Waals surface area contributed by atoms with E-state index in [0.29, 0.717) is 0 Å². The van der Waals surface area contributed by atoms with Crippen LogP contribution in [0.5, 0.6) is 0 Å². The molecule has 0 saturated heterocycles. The van der Waals surface area contributed by atoms with Gasteiger partial charge in [-0.2, -0.15) is 12.3 Å². The molecule has 8 heavy (non-hydrogen) atoms. The summed E-state index contributed by atoms with van der Waals surface area (Å²) in [5.74, 6) is 0. The molecule has 0 saturated carbocycles. The maximum Gasteiger partial charge on any atom is 1.00 e. The summed E-state index contributed by atoms with van der Waals surface area (Å²) in [4.78, 5) is 0. The second-order valence-electron chi connectivity index (χ2n) is 0.856. The Balaban J connectivity index is -0.0000000267. The Kier molecular flexibility index (Phi) is 68.2. The molecule has 2 heteroatoms. The number of hydrogen-bond acceptors (Lipinski definition) is 0. The average molecular weight is 236 g/mol. The molecule has 0 nitrogen and oxygen atoms in total. The largest absolute Gasteiger partial charge is 1.00 e. The molecular weight excluding hydrogens is 218 g/mol. The molecule has 0 aromatic rings. The van der Waals surface area contributed by atoms with Crippen molar-refractivity contribution in [2.24, 2.45) is 0 Å². The van der Waals surface area contributed by atoms with Crippen LogP contribution in [0, 0.1) is 0 Å². The molecule has 0 bridgehead atoms. The molecule has 0 spiro atoms. The molecule has 0 aromatic carbocycles. The van der Waals surface area contributed by atoms with E-state index < -0.39 is 0 Å². The van der Waals surface area contributed by atoms with Gasteiger partial charge in [0.2, 0.25) is 0 Å². The van der Waals surface area contributed by atoms with Crippen LogP contribution in [0.1, 0.15) is 28.7 Å². The van der Waals surface area contributed by atoms with Crippen molar-refractivity contribution < 1.29 is 0 Å². The summed E-state index contributed by atoms with van der Waals surface area (Å²) >= 11 is 0. The third-order valence-corrected chi connectivity index (χ3v) is 1.34. The molecule has 0 aliphatic rings. The molecule has 0 aromatic heterocycles. The first-order valence-corrected chi connectivity index (χ1v) is 3.31. The van der Waals surface area contributed by atoms with Gasteiger partial charge in [0, 0.05) is 0 Å². The van der Waals surface area contributed by atoms with Crippen molar-refractivity contribution in [3.05, 3.63) is 0 Å². The smallest absolute Gasteiger partial charge is 0.541 e. The van der Waals surface area contributed by atoms with Crippen molar-refractivity contribution in [3.8, 4) is 0 Å². The third-order valence-electron chi connectivity index (χ3n) is 0.447. The predicted molar refractivity (Wildman–Crippen MR) is 47.2 cm³/mol. The van der Waals surface area contributed by atoms with E-state index in [0.717, 1.165) is 0 Å². The molecule has 0 atom stereocenters. The molecule has 0 amide bonds. The van der Waals surface area contributed by atoms with Crippen LogP contribution in [0.4, 0.5) is 0 Å². The summed E-state index contributed by atoms with van der Waals surface area (Å²) in [7, 11) is 1.58. The monoisotopic (exact) mass is 236 g/mol. The Hall–Kier alpha value is 1.30. The second kappa shape index (κ2) is 23.9. The minimum Gasteiger partial charge on any atom is -0.541 e. The van der Waals surface area contributed by atoms with Gasteiger partial charge in [-0.15, -0.1) is 0 Å². The standard InChI is InChI=1S/C4H10P.2CH4.In/c1-3-5-4-2;;;/h3-4H2,1-2H3;2*1H4;/q-1;;;+1. The Morgan fingerprint density at radius 1 is 1.00 bits per heavy atom. The van der Waals surface area contributed by atoms with E-state index in [9.17, 15) is 0 Å². The predicted octanol–water partition coefficient (Wildman–Crippen LogP) is 2.86. The van der Waals surface area contributed by atoms with E-state index >= 15 is 0 Å². The number of hydrogen-bond donors (Lipinski definition) is 0. The Morgan fingerprint density at radius 3 is 1.25 bits per heavy atom. The molecular formula is C6H18InP. The van der Waals surface area contributed by atoms with Crippen LogP contribution in [0.2, 0.25) is 0 Å². The van der Waals surface area contributed by atoms with Crippen LogP contribution in [-0.2, 0) is 0 Å².